The van der Waals surface area contributed by atoms with Gasteiger partial charge < -0.3 is 21.1 Å². The Hall–Kier alpha value is -1.73. The van der Waals surface area contributed by atoms with Crippen molar-refractivity contribution in [3.8, 4) is 0 Å². The Bertz CT molecular complexity index is 432. The number of aromatic nitrogens is 2. The molecule has 1 heterocycles. The molecule has 0 aromatic carbocycles. The summed E-state index contributed by atoms with van der Waals surface area (Å²) in [6.45, 7) is 0.419. The van der Waals surface area contributed by atoms with Gasteiger partial charge in [0.25, 0.3) is 5.56 Å². The predicted octanol–water partition coefficient (Wildman–Crippen LogP) is -1.06. The van der Waals surface area contributed by atoms with Gasteiger partial charge >= 0.3 is 5.97 Å². The molecule has 17 heavy (non-hydrogen) atoms. The molecule has 7 nitrogen and oxygen atoms in total. The first-order valence-electron chi connectivity index (χ1n) is 5.28. The maximum Gasteiger partial charge on any atom is 0.322 e. The van der Waals surface area contributed by atoms with Crippen LogP contribution in [-0.2, 0) is 4.79 Å². The smallest absolute Gasteiger partial charge is 0.322 e. The summed E-state index contributed by atoms with van der Waals surface area (Å²) in [5, 5.41) is 8.92. The summed E-state index contributed by atoms with van der Waals surface area (Å²) in [6, 6.07) is -1.74. The van der Waals surface area contributed by atoms with Gasteiger partial charge in [-0.3, -0.25) is 14.6 Å². The second-order valence-electron chi connectivity index (χ2n) is 3.68. The maximum atomic E-state index is 11.6. The summed E-state index contributed by atoms with van der Waals surface area (Å²) in [5.74, 6) is -1.14. The summed E-state index contributed by atoms with van der Waals surface area (Å²) < 4.78 is 1.29. The zero-order chi connectivity index (χ0) is 12.8. The Labute approximate surface area is 98.1 Å². The van der Waals surface area contributed by atoms with Gasteiger partial charge in [0.2, 0.25) is 0 Å². The number of aliphatic carboxylic acids is 1. The van der Waals surface area contributed by atoms with Crippen LogP contribution in [0.15, 0.2) is 23.4 Å². The van der Waals surface area contributed by atoms with E-state index in [1.165, 1.54) is 17.0 Å². The van der Waals surface area contributed by atoms with Gasteiger partial charge in [-0.15, -0.1) is 0 Å². The largest absolute Gasteiger partial charge is 0.480 e. The molecule has 0 fully saturated rings. The van der Waals surface area contributed by atoms with E-state index in [0.29, 0.717) is 19.4 Å². The number of hydrogen-bond donors (Lipinski definition) is 3. The fraction of sp³-hybridized carbons (Fsp3) is 0.500. The summed E-state index contributed by atoms with van der Waals surface area (Å²) in [7, 11) is 0. The highest BCUT2D eigenvalue weighted by Crippen LogP contribution is 2.14. The van der Waals surface area contributed by atoms with E-state index in [0.717, 1.165) is 6.20 Å². The highest BCUT2D eigenvalue weighted by Gasteiger charge is 2.25. The average Bonchev–Trinajstić information content (AvgIpc) is 2.31. The van der Waals surface area contributed by atoms with Crippen LogP contribution in [0.5, 0.6) is 0 Å². The Morgan fingerprint density at radius 1 is 1.59 bits per heavy atom. The van der Waals surface area contributed by atoms with Crippen LogP contribution >= 0.6 is 0 Å². The van der Waals surface area contributed by atoms with Crippen LogP contribution in [0.25, 0.3) is 0 Å². The van der Waals surface area contributed by atoms with Gasteiger partial charge in [0.15, 0.2) is 0 Å². The van der Waals surface area contributed by atoms with Crippen molar-refractivity contribution in [2.75, 3.05) is 6.54 Å². The van der Waals surface area contributed by atoms with Crippen LogP contribution in [0.1, 0.15) is 18.9 Å². The van der Waals surface area contributed by atoms with Gasteiger partial charge in [-0.1, -0.05) is 0 Å². The van der Waals surface area contributed by atoms with Crippen molar-refractivity contribution in [2.24, 2.45) is 11.5 Å². The quantitative estimate of drug-likeness (QED) is 0.582. The zero-order valence-corrected chi connectivity index (χ0v) is 9.32. The van der Waals surface area contributed by atoms with Crippen LogP contribution in [0, 0.1) is 0 Å². The van der Waals surface area contributed by atoms with Crippen LogP contribution in [0.3, 0.4) is 0 Å². The third-order valence-corrected chi connectivity index (χ3v) is 2.51. The molecule has 1 rings (SSSR count). The molecule has 0 aliphatic heterocycles. The van der Waals surface area contributed by atoms with E-state index in [2.05, 4.69) is 4.98 Å². The van der Waals surface area contributed by atoms with E-state index >= 15 is 0 Å². The number of hydrogen-bond acceptors (Lipinski definition) is 5. The molecule has 1 aromatic rings. The number of carboxylic acid groups (broad SMARTS) is 1. The summed E-state index contributed by atoms with van der Waals surface area (Å²) >= 11 is 0. The van der Waals surface area contributed by atoms with E-state index in [9.17, 15) is 9.59 Å². The van der Waals surface area contributed by atoms with Crippen LogP contribution in [0.4, 0.5) is 0 Å². The van der Waals surface area contributed by atoms with Crippen molar-refractivity contribution in [1.29, 1.82) is 0 Å². The van der Waals surface area contributed by atoms with E-state index < -0.39 is 18.1 Å². The first kappa shape index (κ1) is 13.3. The predicted molar refractivity (Wildman–Crippen MR) is 61.4 cm³/mol. The van der Waals surface area contributed by atoms with Crippen LogP contribution < -0.4 is 17.0 Å². The fourth-order valence-electron chi connectivity index (χ4n) is 1.61. The Balaban J connectivity index is 3.02. The molecular formula is C10H16N4O3. The van der Waals surface area contributed by atoms with Gasteiger partial charge in [0, 0.05) is 12.4 Å². The molecule has 0 saturated heterocycles. The lowest BCUT2D eigenvalue weighted by atomic mass is 10.0. The molecule has 0 saturated carbocycles. The van der Waals surface area contributed by atoms with Gasteiger partial charge in [0.1, 0.15) is 6.04 Å². The Morgan fingerprint density at radius 2 is 2.29 bits per heavy atom. The van der Waals surface area contributed by atoms with Crippen LogP contribution in [-0.4, -0.2) is 33.2 Å². The molecule has 1 aromatic heterocycles. The zero-order valence-electron chi connectivity index (χ0n) is 9.32. The number of rotatable bonds is 6. The van der Waals surface area contributed by atoms with Gasteiger partial charge in [-0.2, -0.15) is 0 Å². The van der Waals surface area contributed by atoms with Gasteiger partial charge in [-0.05, 0) is 19.4 Å². The van der Waals surface area contributed by atoms with Crippen molar-refractivity contribution in [3.05, 3.63) is 28.9 Å². The molecule has 0 radical (unpaired) electrons. The lowest BCUT2D eigenvalue weighted by molar-refractivity contribution is -0.139. The molecule has 94 valence electrons. The lowest BCUT2D eigenvalue weighted by Crippen LogP contribution is -2.42. The number of carboxylic acids is 1. The topological polar surface area (TPSA) is 124 Å². The second-order valence-corrected chi connectivity index (χ2v) is 3.68. The first-order valence-corrected chi connectivity index (χ1v) is 5.28. The molecule has 0 amide bonds. The average molecular weight is 240 g/mol. The highest BCUT2D eigenvalue weighted by molar-refractivity contribution is 5.73. The summed E-state index contributed by atoms with van der Waals surface area (Å²) in [6.07, 6.45) is 5.02. The van der Waals surface area contributed by atoms with Crippen LogP contribution in [0.2, 0.25) is 0 Å². The highest BCUT2D eigenvalue weighted by atomic mass is 16.4. The SMILES string of the molecule is NCCCC([C@H](N)C(=O)O)n1ccncc1=O. The second kappa shape index (κ2) is 6.12. The fourth-order valence-corrected chi connectivity index (χ4v) is 1.61. The lowest BCUT2D eigenvalue weighted by Gasteiger charge is -2.22. The monoisotopic (exact) mass is 240 g/mol. The van der Waals surface area contributed by atoms with Crippen molar-refractivity contribution in [1.82, 2.24) is 9.55 Å². The number of nitrogens with two attached hydrogens (primary N) is 2. The van der Waals surface area contributed by atoms with Gasteiger partial charge in [-0.25, -0.2) is 0 Å². The Morgan fingerprint density at radius 3 is 2.82 bits per heavy atom. The van der Waals surface area contributed by atoms with Crippen molar-refractivity contribution >= 4 is 5.97 Å². The number of carbonyl (C=O) groups is 1. The van der Waals surface area contributed by atoms with Gasteiger partial charge in [0.05, 0.1) is 12.2 Å². The minimum atomic E-state index is -1.14. The number of nitrogens with zero attached hydrogens (tertiary/aromatic N) is 2. The molecule has 0 bridgehead atoms. The molecular weight excluding hydrogens is 224 g/mol. The minimum absolute atomic E-state index is 0.369. The summed E-state index contributed by atoms with van der Waals surface area (Å²) in [5.41, 5.74) is 10.6. The third-order valence-electron chi connectivity index (χ3n) is 2.51. The van der Waals surface area contributed by atoms with E-state index in [4.69, 9.17) is 16.6 Å². The first-order chi connectivity index (χ1) is 8.07. The minimum Gasteiger partial charge on any atom is -0.480 e. The molecule has 1 unspecified atom stereocenters. The molecule has 7 heteroatoms. The summed E-state index contributed by atoms with van der Waals surface area (Å²) in [4.78, 5) is 26.1. The van der Waals surface area contributed by atoms with Crippen molar-refractivity contribution in [2.45, 2.75) is 24.9 Å². The maximum absolute atomic E-state index is 11.6. The van der Waals surface area contributed by atoms with E-state index in [1.54, 1.807) is 0 Å². The normalized spacial score (nSPS) is 14.2. The van der Waals surface area contributed by atoms with E-state index in [-0.39, 0.29) is 5.56 Å². The van der Waals surface area contributed by atoms with E-state index in [1.807, 2.05) is 0 Å². The van der Waals surface area contributed by atoms with Crippen molar-refractivity contribution < 1.29 is 9.90 Å². The molecule has 0 spiro atoms. The molecule has 0 aliphatic carbocycles. The molecule has 0 aliphatic rings. The third kappa shape index (κ3) is 3.36. The molecule has 2 atom stereocenters. The Kier molecular flexibility index (Phi) is 4.80. The standard InChI is InChI=1S/C10H16N4O3/c11-3-1-2-7(9(12)10(16)17)14-5-4-13-6-8(14)15/h4-7,9H,1-3,11-12H2,(H,16,17)/t7?,9-/m0/s1. The van der Waals surface area contributed by atoms with Crippen molar-refractivity contribution in [3.63, 3.8) is 0 Å². The molecule has 5 N–H and O–H groups in total.